The molecule has 1 saturated heterocycles. The van der Waals surface area contributed by atoms with E-state index in [1.165, 1.54) is 12.1 Å². The van der Waals surface area contributed by atoms with Gasteiger partial charge in [-0.25, -0.2) is 4.79 Å². The minimum Gasteiger partial charge on any atom is -0.497 e. The number of carbonyl (C=O) groups is 2. The van der Waals surface area contributed by atoms with Gasteiger partial charge in [-0.2, -0.15) is 13.2 Å². The highest BCUT2D eigenvalue weighted by molar-refractivity contribution is 5.89. The Morgan fingerprint density at radius 2 is 1.85 bits per heavy atom. The van der Waals surface area contributed by atoms with Crippen LogP contribution in [-0.2, 0) is 17.5 Å². The molecule has 0 aliphatic carbocycles. The van der Waals surface area contributed by atoms with Crippen LogP contribution >= 0.6 is 0 Å². The number of nitrogens with zero attached hydrogens (tertiary/aromatic N) is 1. The molecule has 2 aromatic rings. The van der Waals surface area contributed by atoms with Crippen molar-refractivity contribution in [3.63, 3.8) is 0 Å². The van der Waals surface area contributed by atoms with E-state index in [-0.39, 0.29) is 23.4 Å². The number of urea groups is 1. The Labute approximate surface area is 197 Å². The minimum atomic E-state index is -4.47. The zero-order chi connectivity index (χ0) is 24.7. The van der Waals surface area contributed by atoms with Crippen LogP contribution in [0.5, 0.6) is 5.75 Å². The highest BCUT2D eigenvalue weighted by atomic mass is 19.4. The van der Waals surface area contributed by atoms with Gasteiger partial charge in [0.05, 0.1) is 12.7 Å². The third-order valence-corrected chi connectivity index (χ3v) is 6.24. The summed E-state index contributed by atoms with van der Waals surface area (Å²) in [6.45, 7) is 3.34. The van der Waals surface area contributed by atoms with Crippen molar-refractivity contribution in [1.82, 2.24) is 10.2 Å². The molecular weight excluding hydrogens is 447 g/mol. The third-order valence-electron chi connectivity index (χ3n) is 6.24. The summed E-state index contributed by atoms with van der Waals surface area (Å²) in [6, 6.07) is 11.6. The van der Waals surface area contributed by atoms with Crippen molar-refractivity contribution in [2.24, 2.45) is 11.8 Å². The van der Waals surface area contributed by atoms with E-state index in [2.05, 4.69) is 10.6 Å². The first-order valence-electron chi connectivity index (χ1n) is 11.3. The fraction of sp³-hybridized carbons (Fsp3) is 0.440. The first kappa shape index (κ1) is 25.4. The zero-order valence-corrected chi connectivity index (χ0v) is 19.3. The fourth-order valence-electron chi connectivity index (χ4n) is 4.23. The average molecular weight is 478 g/mol. The maximum Gasteiger partial charge on any atom is 0.416 e. The van der Waals surface area contributed by atoms with Gasteiger partial charge < -0.3 is 20.3 Å². The minimum absolute atomic E-state index is 0.0406. The van der Waals surface area contributed by atoms with Gasteiger partial charge in [-0.15, -0.1) is 0 Å². The summed E-state index contributed by atoms with van der Waals surface area (Å²) in [7, 11) is 1.60. The monoisotopic (exact) mass is 477 g/mol. The second-order valence-corrected chi connectivity index (χ2v) is 8.50. The van der Waals surface area contributed by atoms with Crippen LogP contribution in [0, 0.1) is 11.8 Å². The van der Waals surface area contributed by atoms with E-state index in [1.54, 1.807) is 12.0 Å². The average Bonchev–Trinajstić information content (AvgIpc) is 2.83. The third kappa shape index (κ3) is 6.88. The Balaban J connectivity index is 1.50. The van der Waals surface area contributed by atoms with Gasteiger partial charge in [0.2, 0.25) is 5.91 Å². The number of hydrogen-bond acceptors (Lipinski definition) is 3. The number of amides is 3. The second-order valence-electron chi connectivity index (χ2n) is 8.50. The second kappa shape index (κ2) is 11.3. The van der Waals surface area contributed by atoms with Crippen LogP contribution in [-0.4, -0.2) is 37.0 Å². The van der Waals surface area contributed by atoms with Crippen LogP contribution in [0.4, 0.5) is 23.7 Å². The molecule has 184 valence electrons. The van der Waals surface area contributed by atoms with E-state index in [0.29, 0.717) is 32.5 Å². The number of hydrogen-bond donors (Lipinski definition) is 2. The lowest BCUT2D eigenvalue weighted by atomic mass is 9.81. The van der Waals surface area contributed by atoms with Crippen molar-refractivity contribution in [3.05, 3.63) is 59.7 Å². The molecule has 1 aliphatic rings. The van der Waals surface area contributed by atoms with E-state index in [9.17, 15) is 22.8 Å². The number of anilines is 1. The number of likely N-dealkylation sites (tertiary alicyclic amines) is 1. The molecule has 0 aromatic heterocycles. The number of benzene rings is 2. The van der Waals surface area contributed by atoms with Crippen molar-refractivity contribution in [3.8, 4) is 5.75 Å². The first-order valence-corrected chi connectivity index (χ1v) is 11.3. The van der Waals surface area contributed by atoms with Gasteiger partial charge in [0, 0.05) is 31.7 Å². The highest BCUT2D eigenvalue weighted by Crippen LogP contribution is 2.32. The van der Waals surface area contributed by atoms with Crippen LogP contribution in [0.15, 0.2) is 48.5 Å². The lowest BCUT2D eigenvalue weighted by Crippen LogP contribution is -2.46. The van der Waals surface area contributed by atoms with Gasteiger partial charge in [0.15, 0.2) is 0 Å². The Kier molecular flexibility index (Phi) is 8.41. The molecule has 0 bridgehead atoms. The van der Waals surface area contributed by atoms with E-state index in [1.807, 2.05) is 31.2 Å². The van der Waals surface area contributed by atoms with E-state index in [0.717, 1.165) is 29.9 Å². The van der Waals surface area contributed by atoms with E-state index in [4.69, 9.17) is 4.74 Å². The summed E-state index contributed by atoms with van der Waals surface area (Å²) in [5.74, 6) is 0.983. The summed E-state index contributed by atoms with van der Waals surface area (Å²) >= 11 is 0. The van der Waals surface area contributed by atoms with Gasteiger partial charge in [-0.1, -0.05) is 31.5 Å². The standard InChI is InChI=1S/C25H30F3N3O3/c1-3-18-16-31(24(33)30-21-6-4-5-20(14-21)25(26,27)28)12-11-19(18)13-23(32)29-15-17-7-9-22(34-2)10-8-17/h4-10,14,18-19H,3,11-13,15-16H2,1-2H3,(H,29,32)(H,30,33)/t18-,19-/m0/s1. The number of methoxy groups -OCH3 is 1. The molecule has 3 rings (SSSR count). The largest absolute Gasteiger partial charge is 0.497 e. The number of halogens is 3. The predicted molar refractivity (Wildman–Crippen MR) is 123 cm³/mol. The van der Waals surface area contributed by atoms with Crippen LogP contribution in [0.2, 0.25) is 0 Å². The number of alkyl halides is 3. The Morgan fingerprint density at radius 3 is 2.50 bits per heavy atom. The molecule has 6 nitrogen and oxygen atoms in total. The molecule has 1 aliphatic heterocycles. The zero-order valence-electron chi connectivity index (χ0n) is 19.3. The first-order chi connectivity index (χ1) is 16.2. The Bertz CT molecular complexity index is 979. The van der Waals surface area contributed by atoms with Gasteiger partial charge in [-0.3, -0.25) is 4.79 Å². The van der Waals surface area contributed by atoms with Gasteiger partial charge in [0.1, 0.15) is 5.75 Å². The number of nitrogens with one attached hydrogen (secondary N) is 2. The van der Waals surface area contributed by atoms with Crippen molar-refractivity contribution in [1.29, 1.82) is 0 Å². The van der Waals surface area contributed by atoms with Gasteiger partial charge >= 0.3 is 12.2 Å². The SMILES string of the molecule is CC[C@H]1CN(C(=O)Nc2cccc(C(F)(F)F)c2)CC[C@H]1CC(=O)NCc1ccc(OC)cc1. The Morgan fingerprint density at radius 1 is 1.12 bits per heavy atom. The fourth-order valence-corrected chi connectivity index (χ4v) is 4.23. The smallest absolute Gasteiger partial charge is 0.416 e. The summed E-state index contributed by atoms with van der Waals surface area (Å²) < 4.78 is 43.9. The quantitative estimate of drug-likeness (QED) is 0.569. The van der Waals surface area contributed by atoms with Crippen molar-refractivity contribution < 1.29 is 27.5 Å². The molecule has 0 spiro atoms. The topological polar surface area (TPSA) is 70.7 Å². The number of rotatable bonds is 7. The molecule has 0 unspecified atom stereocenters. The van der Waals surface area contributed by atoms with Gasteiger partial charge in [-0.05, 0) is 54.2 Å². The van der Waals surface area contributed by atoms with Crippen molar-refractivity contribution in [2.75, 3.05) is 25.5 Å². The summed E-state index contributed by atoms with van der Waals surface area (Å²) in [6.07, 6.45) is -2.65. The molecular formula is C25H30F3N3O3. The molecule has 34 heavy (non-hydrogen) atoms. The van der Waals surface area contributed by atoms with E-state index < -0.39 is 17.8 Å². The summed E-state index contributed by atoms with van der Waals surface area (Å²) in [5.41, 5.74) is 0.270. The molecule has 1 heterocycles. The lowest BCUT2D eigenvalue weighted by molar-refractivity contribution is -0.137. The molecule has 2 atom stereocenters. The number of carbonyl (C=O) groups excluding carboxylic acids is 2. The number of piperidine rings is 1. The summed E-state index contributed by atoms with van der Waals surface area (Å²) in [5, 5.41) is 5.52. The van der Waals surface area contributed by atoms with Crippen LogP contribution in [0.3, 0.4) is 0 Å². The predicted octanol–water partition coefficient (Wildman–Crippen LogP) is 5.30. The van der Waals surface area contributed by atoms with Crippen molar-refractivity contribution >= 4 is 17.6 Å². The molecule has 3 amide bonds. The summed E-state index contributed by atoms with van der Waals surface area (Å²) in [4.78, 5) is 26.8. The van der Waals surface area contributed by atoms with Gasteiger partial charge in [0.25, 0.3) is 0 Å². The van der Waals surface area contributed by atoms with Crippen LogP contribution in [0.25, 0.3) is 0 Å². The molecule has 0 saturated carbocycles. The number of ether oxygens (including phenoxy) is 1. The maximum absolute atomic E-state index is 12.9. The molecule has 2 N–H and O–H groups in total. The molecule has 0 radical (unpaired) electrons. The molecule has 9 heteroatoms. The van der Waals surface area contributed by atoms with Crippen LogP contribution < -0.4 is 15.4 Å². The highest BCUT2D eigenvalue weighted by Gasteiger charge is 2.33. The molecule has 1 fully saturated rings. The molecule has 2 aromatic carbocycles. The normalized spacial score (nSPS) is 18.3. The van der Waals surface area contributed by atoms with Crippen molar-refractivity contribution in [2.45, 2.75) is 38.9 Å². The lowest BCUT2D eigenvalue weighted by Gasteiger charge is -2.38. The van der Waals surface area contributed by atoms with E-state index >= 15 is 0 Å². The maximum atomic E-state index is 12.9. The Hall–Kier alpha value is -3.23. The van der Waals surface area contributed by atoms with Crippen LogP contribution in [0.1, 0.15) is 37.3 Å².